The van der Waals surface area contributed by atoms with Crippen molar-refractivity contribution in [3.05, 3.63) is 23.8 Å². The molecule has 0 aliphatic rings. The zero-order chi connectivity index (χ0) is 9.84. The summed E-state index contributed by atoms with van der Waals surface area (Å²) in [4.78, 5) is 11.6. The summed E-state index contributed by atoms with van der Waals surface area (Å²) in [5.74, 6) is 0.828. The van der Waals surface area contributed by atoms with E-state index in [1.54, 1.807) is 0 Å². The van der Waals surface area contributed by atoms with E-state index in [2.05, 4.69) is 15.0 Å². The maximum absolute atomic E-state index is 4.25. The summed E-state index contributed by atoms with van der Waals surface area (Å²) in [6, 6.07) is 1.96. The minimum absolute atomic E-state index is 0.828. The fourth-order valence-corrected chi connectivity index (χ4v) is 1.24. The maximum atomic E-state index is 4.25. The number of nitrogens with one attached hydrogen (secondary N) is 1. The van der Waals surface area contributed by atoms with Crippen molar-refractivity contribution < 1.29 is 0 Å². The van der Waals surface area contributed by atoms with E-state index in [-0.39, 0.29) is 0 Å². The molecule has 0 amide bonds. The summed E-state index contributed by atoms with van der Waals surface area (Å²) < 4.78 is 0. The topological polar surface area (TPSA) is 41.6 Å². The number of nitrogens with zero attached hydrogens (tertiary/aromatic N) is 2. The van der Waals surface area contributed by atoms with Crippen molar-refractivity contribution in [2.24, 2.45) is 0 Å². The minimum atomic E-state index is 0.828. The molecular formula is C10H15N3. The lowest BCUT2D eigenvalue weighted by Gasteiger charge is -1.95. The van der Waals surface area contributed by atoms with Crippen LogP contribution in [0.25, 0.3) is 11.0 Å². The molecule has 13 heavy (non-hydrogen) atoms. The number of hydrogen-bond donors (Lipinski definition) is 1. The standard InChI is InChI=1S/C8H9N3.C2H6/c1-5-8-7(3-4-9-8)11-6(2)10-5;1-2/h3-4,9H,1-2H3;1-2H3. The Morgan fingerprint density at radius 1 is 1.15 bits per heavy atom. The quantitative estimate of drug-likeness (QED) is 0.672. The van der Waals surface area contributed by atoms with Crippen LogP contribution in [0.1, 0.15) is 25.4 Å². The van der Waals surface area contributed by atoms with Gasteiger partial charge in [-0.15, -0.1) is 0 Å². The van der Waals surface area contributed by atoms with Crippen molar-refractivity contribution in [1.82, 2.24) is 15.0 Å². The number of H-pyrrole nitrogens is 1. The molecule has 3 nitrogen and oxygen atoms in total. The second-order valence-corrected chi connectivity index (χ2v) is 2.59. The Kier molecular flexibility index (Phi) is 3.01. The van der Waals surface area contributed by atoms with E-state index in [0.717, 1.165) is 22.6 Å². The predicted molar refractivity (Wildman–Crippen MR) is 54.7 cm³/mol. The van der Waals surface area contributed by atoms with Gasteiger partial charge in [-0.25, -0.2) is 9.97 Å². The third-order valence-electron chi connectivity index (χ3n) is 1.70. The zero-order valence-corrected chi connectivity index (χ0v) is 8.55. The Morgan fingerprint density at radius 2 is 1.85 bits per heavy atom. The SMILES string of the molecule is CC.Cc1nc(C)c2[nH]ccc2n1. The molecular weight excluding hydrogens is 162 g/mol. The number of fused-ring (bicyclic) bond motifs is 1. The molecule has 0 saturated carbocycles. The van der Waals surface area contributed by atoms with E-state index in [9.17, 15) is 0 Å². The van der Waals surface area contributed by atoms with Gasteiger partial charge in [0.15, 0.2) is 0 Å². The molecule has 0 aromatic carbocycles. The highest BCUT2D eigenvalue weighted by atomic mass is 14.9. The average molecular weight is 177 g/mol. The molecule has 2 rings (SSSR count). The fraction of sp³-hybridized carbons (Fsp3) is 0.400. The molecule has 0 fully saturated rings. The number of hydrogen-bond acceptors (Lipinski definition) is 2. The first kappa shape index (κ1) is 9.71. The molecule has 2 aromatic heterocycles. The lowest BCUT2D eigenvalue weighted by atomic mass is 10.3. The van der Waals surface area contributed by atoms with Crippen LogP contribution in [0.2, 0.25) is 0 Å². The van der Waals surface area contributed by atoms with Crippen molar-refractivity contribution in [3.63, 3.8) is 0 Å². The molecule has 2 aromatic rings. The third kappa shape index (κ3) is 1.86. The van der Waals surface area contributed by atoms with Gasteiger partial charge in [0.05, 0.1) is 16.7 Å². The summed E-state index contributed by atoms with van der Waals surface area (Å²) in [5, 5.41) is 0. The molecule has 0 saturated heterocycles. The van der Waals surface area contributed by atoms with E-state index in [0.29, 0.717) is 0 Å². The normalized spacial score (nSPS) is 9.54. The molecule has 0 bridgehead atoms. The van der Waals surface area contributed by atoms with Crippen molar-refractivity contribution in [3.8, 4) is 0 Å². The molecule has 0 spiro atoms. The monoisotopic (exact) mass is 177 g/mol. The number of rotatable bonds is 0. The van der Waals surface area contributed by atoms with Crippen molar-refractivity contribution in [2.45, 2.75) is 27.7 Å². The second kappa shape index (κ2) is 4.03. The Balaban J connectivity index is 0.000000396. The summed E-state index contributed by atoms with van der Waals surface area (Å²) >= 11 is 0. The molecule has 3 heteroatoms. The fourth-order valence-electron chi connectivity index (χ4n) is 1.24. The molecule has 1 N–H and O–H groups in total. The lowest BCUT2D eigenvalue weighted by molar-refractivity contribution is 1.05. The number of aryl methyl sites for hydroxylation is 2. The van der Waals surface area contributed by atoms with Gasteiger partial charge in [0.2, 0.25) is 0 Å². The van der Waals surface area contributed by atoms with Crippen LogP contribution in [0.4, 0.5) is 0 Å². The highest BCUT2D eigenvalue weighted by Gasteiger charge is 2.00. The Hall–Kier alpha value is -1.38. The van der Waals surface area contributed by atoms with Crippen molar-refractivity contribution >= 4 is 11.0 Å². The van der Waals surface area contributed by atoms with Gasteiger partial charge in [-0.1, -0.05) is 13.8 Å². The zero-order valence-electron chi connectivity index (χ0n) is 8.55. The van der Waals surface area contributed by atoms with E-state index in [4.69, 9.17) is 0 Å². The minimum Gasteiger partial charge on any atom is -0.358 e. The second-order valence-electron chi connectivity index (χ2n) is 2.59. The highest BCUT2D eigenvalue weighted by molar-refractivity contribution is 5.76. The Bertz CT molecular complexity index is 390. The van der Waals surface area contributed by atoms with Gasteiger partial charge in [0.25, 0.3) is 0 Å². The number of aromatic nitrogens is 3. The Morgan fingerprint density at radius 3 is 2.54 bits per heavy atom. The molecule has 0 aliphatic carbocycles. The summed E-state index contributed by atoms with van der Waals surface area (Å²) in [5.41, 5.74) is 3.04. The molecule has 0 unspecified atom stereocenters. The smallest absolute Gasteiger partial charge is 0.126 e. The maximum Gasteiger partial charge on any atom is 0.126 e. The summed E-state index contributed by atoms with van der Waals surface area (Å²) in [7, 11) is 0. The van der Waals surface area contributed by atoms with Gasteiger partial charge in [-0.2, -0.15) is 0 Å². The van der Waals surface area contributed by atoms with Gasteiger partial charge in [0, 0.05) is 6.20 Å². The first-order chi connectivity index (χ1) is 6.27. The van der Waals surface area contributed by atoms with Crippen LogP contribution < -0.4 is 0 Å². The summed E-state index contributed by atoms with van der Waals surface area (Å²) in [6.45, 7) is 7.88. The average Bonchev–Trinajstić information content (AvgIpc) is 2.55. The molecule has 0 radical (unpaired) electrons. The van der Waals surface area contributed by atoms with Gasteiger partial charge < -0.3 is 4.98 Å². The molecule has 2 heterocycles. The first-order valence-electron chi connectivity index (χ1n) is 4.56. The lowest BCUT2D eigenvalue weighted by Crippen LogP contribution is -1.90. The predicted octanol–water partition coefficient (Wildman–Crippen LogP) is 2.60. The van der Waals surface area contributed by atoms with Crippen LogP contribution in [-0.4, -0.2) is 15.0 Å². The van der Waals surface area contributed by atoms with Crippen molar-refractivity contribution in [1.29, 1.82) is 0 Å². The van der Waals surface area contributed by atoms with E-state index in [1.165, 1.54) is 0 Å². The Labute approximate surface area is 78.2 Å². The van der Waals surface area contributed by atoms with E-state index < -0.39 is 0 Å². The largest absolute Gasteiger partial charge is 0.358 e. The van der Waals surface area contributed by atoms with Crippen LogP contribution >= 0.6 is 0 Å². The highest BCUT2D eigenvalue weighted by Crippen LogP contribution is 2.11. The van der Waals surface area contributed by atoms with Crippen LogP contribution in [0.5, 0.6) is 0 Å². The van der Waals surface area contributed by atoms with Gasteiger partial charge in [-0.05, 0) is 19.9 Å². The van der Waals surface area contributed by atoms with Crippen LogP contribution in [0.15, 0.2) is 12.3 Å². The third-order valence-corrected chi connectivity index (χ3v) is 1.70. The van der Waals surface area contributed by atoms with E-state index >= 15 is 0 Å². The molecule has 70 valence electrons. The molecule has 0 aliphatic heterocycles. The van der Waals surface area contributed by atoms with Gasteiger partial charge >= 0.3 is 0 Å². The van der Waals surface area contributed by atoms with Gasteiger partial charge in [0.1, 0.15) is 5.82 Å². The van der Waals surface area contributed by atoms with Crippen molar-refractivity contribution in [2.75, 3.05) is 0 Å². The first-order valence-corrected chi connectivity index (χ1v) is 4.56. The van der Waals surface area contributed by atoms with Crippen LogP contribution in [0.3, 0.4) is 0 Å². The van der Waals surface area contributed by atoms with Crippen LogP contribution in [-0.2, 0) is 0 Å². The number of aromatic amines is 1. The van der Waals surface area contributed by atoms with Gasteiger partial charge in [-0.3, -0.25) is 0 Å². The van der Waals surface area contributed by atoms with E-state index in [1.807, 2.05) is 40.0 Å². The molecule has 0 atom stereocenters. The van der Waals surface area contributed by atoms with Crippen LogP contribution in [0, 0.1) is 13.8 Å². The summed E-state index contributed by atoms with van der Waals surface area (Å²) in [6.07, 6.45) is 1.88.